The molecule has 0 aliphatic carbocycles. The summed E-state index contributed by atoms with van der Waals surface area (Å²) in [5.74, 6) is 0.0824. The maximum absolute atomic E-state index is 12.1. The molecule has 1 amide bonds. The largest absolute Gasteiger partial charge is 0.395 e. The lowest BCUT2D eigenvalue weighted by Crippen LogP contribution is -2.40. The lowest BCUT2D eigenvalue weighted by Gasteiger charge is -2.26. The quantitative estimate of drug-likeness (QED) is 0.650. The number of nitrogens with zero attached hydrogens (tertiary/aromatic N) is 1. The van der Waals surface area contributed by atoms with Crippen molar-refractivity contribution >= 4 is 5.91 Å². The van der Waals surface area contributed by atoms with Crippen LogP contribution in [-0.2, 0) is 4.79 Å². The third-order valence-electron chi connectivity index (χ3n) is 2.97. The summed E-state index contributed by atoms with van der Waals surface area (Å²) in [5.41, 5.74) is 2.05. The summed E-state index contributed by atoms with van der Waals surface area (Å²) in [6, 6.07) is 0. The van der Waals surface area contributed by atoms with Crippen LogP contribution in [0, 0.1) is 0 Å². The molecule has 0 atom stereocenters. The third kappa shape index (κ3) is 3.32. The highest BCUT2D eigenvalue weighted by Gasteiger charge is 2.20. The first kappa shape index (κ1) is 13.2. The van der Waals surface area contributed by atoms with E-state index in [1.807, 2.05) is 6.92 Å². The van der Waals surface area contributed by atoms with Crippen LogP contribution in [0.4, 0.5) is 0 Å². The Morgan fingerprint density at radius 2 is 2.12 bits per heavy atom. The van der Waals surface area contributed by atoms with Crippen LogP contribution in [0.25, 0.3) is 0 Å². The fourth-order valence-electron chi connectivity index (χ4n) is 1.69. The van der Waals surface area contributed by atoms with Gasteiger partial charge in [0.15, 0.2) is 0 Å². The zero-order valence-corrected chi connectivity index (χ0v) is 10.3. The summed E-state index contributed by atoms with van der Waals surface area (Å²) in [7, 11) is 0. The summed E-state index contributed by atoms with van der Waals surface area (Å²) < 4.78 is 0. The highest BCUT2D eigenvalue weighted by molar-refractivity contribution is 5.94. The summed E-state index contributed by atoms with van der Waals surface area (Å²) >= 11 is 0. The molecular formula is C12H22N2O2. The number of amides is 1. The van der Waals surface area contributed by atoms with Crippen molar-refractivity contribution in [1.29, 1.82) is 0 Å². The van der Waals surface area contributed by atoms with Gasteiger partial charge in [0.25, 0.3) is 0 Å². The molecule has 0 radical (unpaired) electrons. The van der Waals surface area contributed by atoms with E-state index in [1.165, 1.54) is 5.57 Å². The molecule has 0 saturated carbocycles. The van der Waals surface area contributed by atoms with Crippen LogP contribution in [-0.4, -0.2) is 48.7 Å². The minimum Gasteiger partial charge on any atom is -0.395 e. The van der Waals surface area contributed by atoms with Gasteiger partial charge in [-0.2, -0.15) is 0 Å². The van der Waals surface area contributed by atoms with Gasteiger partial charge in [-0.3, -0.25) is 4.79 Å². The van der Waals surface area contributed by atoms with Gasteiger partial charge in [0.1, 0.15) is 0 Å². The van der Waals surface area contributed by atoms with Gasteiger partial charge in [-0.15, -0.1) is 0 Å². The van der Waals surface area contributed by atoms with Crippen LogP contribution in [0.5, 0.6) is 0 Å². The van der Waals surface area contributed by atoms with Gasteiger partial charge >= 0.3 is 0 Å². The van der Waals surface area contributed by atoms with Gasteiger partial charge in [0, 0.05) is 31.8 Å². The zero-order valence-electron chi connectivity index (χ0n) is 10.3. The van der Waals surface area contributed by atoms with E-state index in [4.69, 9.17) is 5.11 Å². The van der Waals surface area contributed by atoms with E-state index in [9.17, 15) is 4.79 Å². The lowest BCUT2D eigenvalue weighted by atomic mass is 10.0. The molecule has 1 rings (SSSR count). The normalized spacial score (nSPS) is 14.6. The summed E-state index contributed by atoms with van der Waals surface area (Å²) in [5, 5.41) is 12.1. The number of hydrogen-bond donors (Lipinski definition) is 2. The van der Waals surface area contributed by atoms with Gasteiger partial charge in [0.05, 0.1) is 6.61 Å². The second-order valence-corrected chi connectivity index (χ2v) is 4.20. The number of rotatable bonds is 6. The second kappa shape index (κ2) is 6.66. The van der Waals surface area contributed by atoms with Crippen LogP contribution in [0.3, 0.4) is 0 Å². The fraction of sp³-hybridized carbons (Fsp3) is 0.750. The van der Waals surface area contributed by atoms with Gasteiger partial charge in [-0.1, -0.05) is 13.3 Å². The minimum atomic E-state index is 0.0380. The van der Waals surface area contributed by atoms with Crippen molar-refractivity contribution in [1.82, 2.24) is 10.2 Å². The molecule has 2 N–H and O–H groups in total. The van der Waals surface area contributed by atoms with Crippen molar-refractivity contribution in [3.63, 3.8) is 0 Å². The maximum atomic E-state index is 12.1. The predicted octanol–water partition coefficient (Wildman–Crippen LogP) is 0.527. The van der Waals surface area contributed by atoms with Crippen LogP contribution in [0.15, 0.2) is 11.1 Å². The summed E-state index contributed by atoms with van der Waals surface area (Å²) in [6.07, 6.45) is 2.05. The molecule has 1 fully saturated rings. The monoisotopic (exact) mass is 226 g/mol. The number of hydrogen-bond acceptors (Lipinski definition) is 3. The average Bonchev–Trinajstić information content (AvgIpc) is 2.20. The second-order valence-electron chi connectivity index (χ2n) is 4.20. The first-order valence-corrected chi connectivity index (χ1v) is 6.00. The number of aliphatic hydroxyl groups excluding tert-OH is 1. The van der Waals surface area contributed by atoms with E-state index in [0.29, 0.717) is 6.54 Å². The zero-order chi connectivity index (χ0) is 12.0. The molecule has 16 heavy (non-hydrogen) atoms. The average molecular weight is 226 g/mol. The van der Waals surface area contributed by atoms with Crippen molar-refractivity contribution in [2.75, 3.05) is 32.8 Å². The maximum Gasteiger partial charge on any atom is 0.249 e. The Labute approximate surface area is 97.3 Å². The Kier molecular flexibility index (Phi) is 5.49. The minimum absolute atomic E-state index is 0.0380. The topological polar surface area (TPSA) is 52.6 Å². The smallest absolute Gasteiger partial charge is 0.249 e. The molecule has 0 aromatic carbocycles. The number of carbonyl (C=O) groups excluding carboxylic acids is 1. The lowest BCUT2D eigenvalue weighted by molar-refractivity contribution is -0.127. The number of nitrogens with one attached hydrogen (secondary N) is 1. The molecule has 1 aliphatic heterocycles. The third-order valence-corrected chi connectivity index (χ3v) is 2.97. The molecule has 4 heteroatoms. The molecular weight excluding hydrogens is 204 g/mol. The van der Waals surface area contributed by atoms with Crippen molar-refractivity contribution in [2.24, 2.45) is 0 Å². The Balaban J connectivity index is 2.58. The van der Waals surface area contributed by atoms with Gasteiger partial charge in [-0.05, 0) is 18.9 Å². The molecule has 0 spiro atoms. The molecule has 92 valence electrons. The van der Waals surface area contributed by atoms with E-state index in [-0.39, 0.29) is 12.5 Å². The standard InChI is InChI=1S/C12H22N2O2/c1-3-4-5-14(6-7-15)12(16)10(2)11-8-13-9-11/h13,15H,3-9H2,1-2H3. The first-order chi connectivity index (χ1) is 7.70. The van der Waals surface area contributed by atoms with Crippen LogP contribution >= 0.6 is 0 Å². The van der Waals surface area contributed by atoms with Gasteiger partial charge < -0.3 is 15.3 Å². The number of carbonyl (C=O) groups is 1. The molecule has 0 aromatic rings. The number of aliphatic hydroxyl groups is 1. The number of unbranched alkanes of at least 4 members (excludes halogenated alkanes) is 1. The Morgan fingerprint density at radius 3 is 2.56 bits per heavy atom. The fourth-order valence-corrected chi connectivity index (χ4v) is 1.69. The van der Waals surface area contributed by atoms with Crippen molar-refractivity contribution < 1.29 is 9.90 Å². The molecule has 1 aliphatic rings. The summed E-state index contributed by atoms with van der Waals surface area (Å²) in [6.45, 7) is 6.87. The van der Waals surface area contributed by atoms with E-state index in [2.05, 4.69) is 12.2 Å². The van der Waals surface area contributed by atoms with Crippen molar-refractivity contribution in [2.45, 2.75) is 26.7 Å². The molecule has 0 bridgehead atoms. The Bertz CT molecular complexity index is 268. The van der Waals surface area contributed by atoms with E-state index < -0.39 is 0 Å². The summed E-state index contributed by atoms with van der Waals surface area (Å²) in [4.78, 5) is 13.9. The highest BCUT2D eigenvalue weighted by atomic mass is 16.3. The van der Waals surface area contributed by atoms with E-state index in [0.717, 1.165) is 38.0 Å². The highest BCUT2D eigenvalue weighted by Crippen LogP contribution is 2.12. The molecule has 1 saturated heterocycles. The van der Waals surface area contributed by atoms with Gasteiger partial charge in [0.2, 0.25) is 5.91 Å². The van der Waals surface area contributed by atoms with E-state index in [1.54, 1.807) is 4.90 Å². The van der Waals surface area contributed by atoms with Crippen LogP contribution in [0.1, 0.15) is 26.7 Å². The Morgan fingerprint density at radius 1 is 1.44 bits per heavy atom. The predicted molar refractivity (Wildman–Crippen MR) is 64.1 cm³/mol. The molecule has 0 unspecified atom stereocenters. The van der Waals surface area contributed by atoms with Crippen LogP contribution < -0.4 is 5.32 Å². The van der Waals surface area contributed by atoms with E-state index >= 15 is 0 Å². The SMILES string of the molecule is CCCCN(CCO)C(=O)C(C)=C1CNC1. The molecule has 1 heterocycles. The first-order valence-electron chi connectivity index (χ1n) is 6.00. The van der Waals surface area contributed by atoms with Crippen LogP contribution in [0.2, 0.25) is 0 Å². The Hall–Kier alpha value is -0.870. The van der Waals surface area contributed by atoms with Crippen molar-refractivity contribution in [3.8, 4) is 0 Å². The molecule has 4 nitrogen and oxygen atoms in total. The van der Waals surface area contributed by atoms with Crippen molar-refractivity contribution in [3.05, 3.63) is 11.1 Å². The molecule has 0 aromatic heterocycles. The van der Waals surface area contributed by atoms with Gasteiger partial charge in [-0.25, -0.2) is 0 Å².